The average Bonchev–Trinajstić information content (AvgIpc) is 3.30. The Morgan fingerprint density at radius 1 is 1.15 bits per heavy atom. The maximum absolute atomic E-state index is 3.62. The number of halogens is 1. The van der Waals surface area contributed by atoms with Gasteiger partial charge in [-0.05, 0) is 48.4 Å². The smallest absolute Gasteiger partial charge is 0.0306 e. The summed E-state index contributed by atoms with van der Waals surface area (Å²) in [4.78, 5) is 0. The summed E-state index contributed by atoms with van der Waals surface area (Å²) in [6, 6.07) is 17.8. The molecule has 1 aliphatic rings. The van der Waals surface area contributed by atoms with E-state index in [0.717, 1.165) is 12.5 Å². The lowest BCUT2D eigenvalue weighted by molar-refractivity contribution is 0.572. The minimum absolute atomic E-state index is 0.343. The molecule has 3 rings (SSSR count). The van der Waals surface area contributed by atoms with Crippen molar-refractivity contribution in [3.63, 3.8) is 0 Å². The van der Waals surface area contributed by atoms with Crippen molar-refractivity contribution >= 4 is 15.9 Å². The van der Waals surface area contributed by atoms with Gasteiger partial charge in [0.1, 0.15) is 0 Å². The molecule has 0 radical (unpaired) electrons. The lowest BCUT2D eigenvalue weighted by Crippen LogP contribution is -2.18. The average molecular weight is 330 g/mol. The predicted molar refractivity (Wildman–Crippen MR) is 87.8 cm³/mol. The van der Waals surface area contributed by atoms with Crippen molar-refractivity contribution in [3.8, 4) is 0 Å². The lowest BCUT2D eigenvalue weighted by atomic mass is 10.1. The number of nitrogens with one attached hydrogen (secondary N) is 1. The Kier molecular flexibility index (Phi) is 4.23. The van der Waals surface area contributed by atoms with E-state index < -0.39 is 0 Å². The fraction of sp³-hybridized carbons (Fsp3) is 0.333. The molecule has 104 valence electrons. The van der Waals surface area contributed by atoms with Crippen molar-refractivity contribution in [2.75, 3.05) is 0 Å². The summed E-state index contributed by atoms with van der Waals surface area (Å²) in [5, 5.41) is 3.61. The third-order valence-electron chi connectivity index (χ3n) is 3.98. The van der Waals surface area contributed by atoms with Gasteiger partial charge in [0.2, 0.25) is 0 Å². The van der Waals surface area contributed by atoms with Crippen molar-refractivity contribution < 1.29 is 0 Å². The molecular weight excluding hydrogens is 310 g/mol. The molecule has 0 aromatic heterocycles. The number of hydrogen-bond donors (Lipinski definition) is 1. The van der Waals surface area contributed by atoms with Crippen LogP contribution in [-0.2, 0) is 6.54 Å². The van der Waals surface area contributed by atoms with Gasteiger partial charge in [-0.1, -0.05) is 58.4 Å². The second-order valence-corrected chi connectivity index (χ2v) is 6.50. The van der Waals surface area contributed by atoms with Gasteiger partial charge in [0.25, 0.3) is 0 Å². The Labute approximate surface area is 129 Å². The van der Waals surface area contributed by atoms with Crippen molar-refractivity contribution in [3.05, 3.63) is 69.7 Å². The van der Waals surface area contributed by atoms with Crippen LogP contribution in [0.25, 0.3) is 0 Å². The van der Waals surface area contributed by atoms with Crippen LogP contribution in [0.3, 0.4) is 0 Å². The second kappa shape index (κ2) is 6.11. The van der Waals surface area contributed by atoms with Crippen LogP contribution in [-0.4, -0.2) is 0 Å². The van der Waals surface area contributed by atoms with E-state index >= 15 is 0 Å². The molecule has 0 aliphatic heterocycles. The van der Waals surface area contributed by atoms with Crippen LogP contribution < -0.4 is 5.32 Å². The van der Waals surface area contributed by atoms with Gasteiger partial charge in [-0.2, -0.15) is 0 Å². The van der Waals surface area contributed by atoms with Crippen molar-refractivity contribution in [2.24, 2.45) is 0 Å². The minimum atomic E-state index is 0.343. The molecule has 2 heteroatoms. The van der Waals surface area contributed by atoms with Gasteiger partial charge in [0.05, 0.1) is 0 Å². The van der Waals surface area contributed by atoms with Gasteiger partial charge in [-0.3, -0.25) is 0 Å². The van der Waals surface area contributed by atoms with E-state index in [0.29, 0.717) is 6.04 Å². The second-order valence-electron chi connectivity index (χ2n) is 5.64. The molecule has 2 aromatic rings. The summed E-state index contributed by atoms with van der Waals surface area (Å²) in [6.07, 6.45) is 2.73. The van der Waals surface area contributed by atoms with Crippen LogP contribution in [0.2, 0.25) is 0 Å². The Hall–Kier alpha value is -1.12. The summed E-state index contributed by atoms with van der Waals surface area (Å²) in [5.41, 5.74) is 4.21. The van der Waals surface area contributed by atoms with E-state index in [1.165, 1.54) is 34.0 Å². The highest BCUT2D eigenvalue weighted by atomic mass is 79.9. The molecule has 1 aliphatic carbocycles. The fourth-order valence-corrected chi connectivity index (χ4v) is 3.21. The molecule has 0 saturated heterocycles. The van der Waals surface area contributed by atoms with Crippen LogP contribution in [0, 0.1) is 0 Å². The van der Waals surface area contributed by atoms with Gasteiger partial charge in [0.15, 0.2) is 0 Å². The van der Waals surface area contributed by atoms with Crippen molar-refractivity contribution in [2.45, 2.75) is 38.3 Å². The minimum Gasteiger partial charge on any atom is -0.306 e. The van der Waals surface area contributed by atoms with E-state index in [1.54, 1.807) is 0 Å². The van der Waals surface area contributed by atoms with Gasteiger partial charge in [-0.25, -0.2) is 0 Å². The van der Waals surface area contributed by atoms with E-state index in [4.69, 9.17) is 0 Å². The SMILES string of the molecule is C[C@H](NCc1cccc(C2CC2)c1)c1ccccc1Br. The monoisotopic (exact) mass is 329 g/mol. The standard InChI is InChI=1S/C18H20BrN/c1-13(17-7-2-3-8-18(17)19)20-12-14-5-4-6-16(11-14)15-9-10-15/h2-8,11,13,15,20H,9-10,12H2,1H3/t13-/m0/s1. The first-order valence-corrected chi connectivity index (χ1v) is 8.10. The van der Waals surface area contributed by atoms with E-state index in [9.17, 15) is 0 Å². The predicted octanol–water partition coefficient (Wildman–Crippen LogP) is 5.18. The summed E-state index contributed by atoms with van der Waals surface area (Å²) < 4.78 is 1.17. The molecule has 2 aromatic carbocycles. The van der Waals surface area contributed by atoms with Crippen LogP contribution >= 0.6 is 15.9 Å². The van der Waals surface area contributed by atoms with Gasteiger partial charge >= 0.3 is 0 Å². The molecule has 1 N–H and O–H groups in total. The zero-order chi connectivity index (χ0) is 13.9. The first-order chi connectivity index (χ1) is 9.74. The summed E-state index contributed by atoms with van der Waals surface area (Å²) in [7, 11) is 0. The molecule has 0 heterocycles. The molecule has 0 unspecified atom stereocenters. The first kappa shape index (κ1) is 13.8. The summed E-state index contributed by atoms with van der Waals surface area (Å²) in [6.45, 7) is 3.13. The summed E-state index contributed by atoms with van der Waals surface area (Å²) in [5.74, 6) is 0.829. The van der Waals surface area contributed by atoms with Crippen LogP contribution in [0.15, 0.2) is 53.0 Å². The third-order valence-corrected chi connectivity index (χ3v) is 4.71. The van der Waals surface area contributed by atoms with E-state index in [1.807, 2.05) is 0 Å². The van der Waals surface area contributed by atoms with Crippen molar-refractivity contribution in [1.29, 1.82) is 0 Å². The lowest BCUT2D eigenvalue weighted by Gasteiger charge is -2.16. The van der Waals surface area contributed by atoms with Crippen LogP contribution in [0.1, 0.15) is 48.4 Å². The Balaban J connectivity index is 1.64. The number of rotatable bonds is 5. The molecule has 0 bridgehead atoms. The zero-order valence-electron chi connectivity index (χ0n) is 11.8. The van der Waals surface area contributed by atoms with Crippen LogP contribution in [0.5, 0.6) is 0 Å². The highest BCUT2D eigenvalue weighted by Crippen LogP contribution is 2.40. The van der Waals surface area contributed by atoms with Gasteiger partial charge in [-0.15, -0.1) is 0 Å². The molecule has 20 heavy (non-hydrogen) atoms. The Bertz CT molecular complexity index is 589. The zero-order valence-corrected chi connectivity index (χ0v) is 13.4. The molecule has 1 atom stereocenters. The Morgan fingerprint density at radius 3 is 2.70 bits per heavy atom. The summed E-state index contributed by atoms with van der Waals surface area (Å²) >= 11 is 3.62. The first-order valence-electron chi connectivity index (χ1n) is 7.30. The molecule has 1 fully saturated rings. The maximum atomic E-state index is 3.62. The molecular formula is C18H20BrN. The molecule has 0 amide bonds. The van der Waals surface area contributed by atoms with E-state index in [2.05, 4.69) is 76.7 Å². The quantitative estimate of drug-likeness (QED) is 0.797. The van der Waals surface area contributed by atoms with E-state index in [-0.39, 0.29) is 0 Å². The fourth-order valence-electron chi connectivity index (χ4n) is 2.58. The number of hydrogen-bond acceptors (Lipinski definition) is 1. The topological polar surface area (TPSA) is 12.0 Å². The van der Waals surface area contributed by atoms with Crippen molar-refractivity contribution in [1.82, 2.24) is 5.32 Å². The molecule has 1 nitrogen and oxygen atoms in total. The van der Waals surface area contributed by atoms with Crippen LogP contribution in [0.4, 0.5) is 0 Å². The largest absolute Gasteiger partial charge is 0.306 e. The maximum Gasteiger partial charge on any atom is 0.0306 e. The number of benzene rings is 2. The normalized spacial score (nSPS) is 16.1. The molecule has 1 saturated carbocycles. The van der Waals surface area contributed by atoms with Gasteiger partial charge < -0.3 is 5.32 Å². The molecule has 0 spiro atoms. The highest BCUT2D eigenvalue weighted by molar-refractivity contribution is 9.10. The third kappa shape index (κ3) is 3.31. The Morgan fingerprint density at radius 2 is 1.95 bits per heavy atom. The highest BCUT2D eigenvalue weighted by Gasteiger charge is 2.23. The van der Waals surface area contributed by atoms with Gasteiger partial charge in [0, 0.05) is 17.1 Å².